The number of aromatic amines is 1. The SMILES string of the molecule is CC=Nc1c(CC)c(Cl)cc(C(C)Nc2ncnc3nc[nH]c23)c1N1CCC(OC)CC1. The Morgan fingerprint density at radius 2 is 2.12 bits per heavy atom. The predicted molar refractivity (Wildman–Crippen MR) is 131 cm³/mol. The van der Waals surface area contributed by atoms with Gasteiger partial charge in [-0.1, -0.05) is 18.5 Å². The fraction of sp³-hybridized carbons (Fsp3) is 0.478. The molecule has 3 aromatic rings. The topological polar surface area (TPSA) is 91.3 Å². The molecule has 1 aliphatic heterocycles. The van der Waals surface area contributed by atoms with Gasteiger partial charge in [0.15, 0.2) is 11.5 Å². The van der Waals surface area contributed by atoms with Crippen LogP contribution in [-0.2, 0) is 11.2 Å². The lowest BCUT2D eigenvalue weighted by atomic mass is 9.96. The number of hydrogen-bond donors (Lipinski definition) is 2. The molecule has 3 heterocycles. The lowest BCUT2D eigenvalue weighted by Gasteiger charge is -2.36. The van der Waals surface area contributed by atoms with Crippen molar-refractivity contribution < 1.29 is 4.74 Å². The normalized spacial score (nSPS) is 16.2. The zero-order chi connectivity index (χ0) is 22.7. The van der Waals surface area contributed by atoms with Crippen LogP contribution < -0.4 is 10.2 Å². The number of rotatable bonds is 7. The zero-order valence-electron chi connectivity index (χ0n) is 19.0. The number of aromatic nitrogens is 4. The Morgan fingerprint density at radius 1 is 1.34 bits per heavy atom. The molecular weight excluding hydrogens is 426 g/mol. The maximum Gasteiger partial charge on any atom is 0.182 e. The first-order chi connectivity index (χ1) is 15.6. The Morgan fingerprint density at radius 3 is 2.81 bits per heavy atom. The van der Waals surface area contributed by atoms with E-state index >= 15 is 0 Å². The molecule has 1 fully saturated rings. The average Bonchev–Trinajstić information content (AvgIpc) is 3.29. The highest BCUT2D eigenvalue weighted by Gasteiger charge is 2.27. The van der Waals surface area contributed by atoms with E-state index in [-0.39, 0.29) is 6.04 Å². The van der Waals surface area contributed by atoms with Gasteiger partial charge in [-0.05, 0) is 44.7 Å². The number of aliphatic imine (C=N–C) groups is 1. The van der Waals surface area contributed by atoms with Crippen molar-refractivity contribution in [2.75, 3.05) is 30.4 Å². The molecule has 1 atom stereocenters. The summed E-state index contributed by atoms with van der Waals surface area (Å²) < 4.78 is 5.59. The first kappa shape index (κ1) is 22.5. The van der Waals surface area contributed by atoms with Crippen LogP contribution >= 0.6 is 11.6 Å². The minimum atomic E-state index is -0.0687. The van der Waals surface area contributed by atoms with Gasteiger partial charge < -0.3 is 19.9 Å². The summed E-state index contributed by atoms with van der Waals surface area (Å²) in [5, 5.41) is 4.27. The summed E-state index contributed by atoms with van der Waals surface area (Å²) in [4.78, 5) is 23.2. The Kier molecular flexibility index (Phi) is 6.91. The average molecular weight is 456 g/mol. The van der Waals surface area contributed by atoms with Gasteiger partial charge in [0.1, 0.15) is 11.8 Å². The summed E-state index contributed by atoms with van der Waals surface area (Å²) in [7, 11) is 1.79. The predicted octanol–water partition coefficient (Wildman–Crippen LogP) is 5.08. The van der Waals surface area contributed by atoms with Crippen LogP contribution in [0.1, 0.15) is 50.8 Å². The zero-order valence-corrected chi connectivity index (χ0v) is 19.8. The molecule has 4 rings (SSSR count). The quantitative estimate of drug-likeness (QED) is 0.483. The summed E-state index contributed by atoms with van der Waals surface area (Å²) in [5.74, 6) is 0.709. The van der Waals surface area contributed by atoms with Crippen molar-refractivity contribution in [2.45, 2.75) is 52.2 Å². The Hall–Kier alpha value is -2.71. The van der Waals surface area contributed by atoms with E-state index in [4.69, 9.17) is 21.3 Å². The highest BCUT2D eigenvalue weighted by Crippen LogP contribution is 2.44. The Bertz CT molecular complexity index is 1110. The van der Waals surface area contributed by atoms with Gasteiger partial charge in [-0.15, -0.1) is 0 Å². The number of nitrogens with one attached hydrogen (secondary N) is 2. The molecule has 1 saturated heterocycles. The van der Waals surface area contributed by atoms with Crippen LogP contribution in [0.5, 0.6) is 0 Å². The molecular formula is C23H30ClN7O. The number of hydrogen-bond acceptors (Lipinski definition) is 7. The molecule has 0 spiro atoms. The number of methoxy groups -OCH3 is 1. The van der Waals surface area contributed by atoms with Crippen LogP contribution in [0, 0.1) is 0 Å². The maximum atomic E-state index is 6.77. The minimum absolute atomic E-state index is 0.0687. The van der Waals surface area contributed by atoms with E-state index in [9.17, 15) is 0 Å². The summed E-state index contributed by atoms with van der Waals surface area (Å²) in [6.45, 7) is 8.00. The van der Waals surface area contributed by atoms with Crippen molar-refractivity contribution >= 4 is 46.2 Å². The second kappa shape index (κ2) is 9.83. The van der Waals surface area contributed by atoms with Gasteiger partial charge in [0.2, 0.25) is 0 Å². The van der Waals surface area contributed by atoms with Crippen molar-refractivity contribution in [1.82, 2.24) is 19.9 Å². The number of imidazole rings is 1. The van der Waals surface area contributed by atoms with E-state index < -0.39 is 0 Å². The first-order valence-electron chi connectivity index (χ1n) is 11.1. The van der Waals surface area contributed by atoms with Gasteiger partial charge in [0, 0.05) is 37.0 Å². The summed E-state index contributed by atoms with van der Waals surface area (Å²) in [6, 6.07) is 2.01. The summed E-state index contributed by atoms with van der Waals surface area (Å²) in [6.07, 6.45) is 8.08. The van der Waals surface area contributed by atoms with Gasteiger partial charge in [0.25, 0.3) is 0 Å². The fourth-order valence-electron chi connectivity index (χ4n) is 4.42. The van der Waals surface area contributed by atoms with Crippen molar-refractivity contribution in [3.63, 3.8) is 0 Å². The summed E-state index contributed by atoms with van der Waals surface area (Å²) >= 11 is 6.77. The Labute approximate surface area is 193 Å². The molecule has 0 amide bonds. The second-order valence-electron chi connectivity index (χ2n) is 7.98. The number of halogens is 1. The highest BCUT2D eigenvalue weighted by atomic mass is 35.5. The third-order valence-electron chi connectivity index (χ3n) is 6.10. The fourth-order valence-corrected chi connectivity index (χ4v) is 4.76. The molecule has 1 unspecified atom stereocenters. The molecule has 1 aromatic carbocycles. The van der Waals surface area contributed by atoms with E-state index in [0.29, 0.717) is 17.6 Å². The largest absolute Gasteiger partial charge is 0.381 e. The van der Waals surface area contributed by atoms with Crippen molar-refractivity contribution in [1.29, 1.82) is 0 Å². The van der Waals surface area contributed by atoms with E-state index in [1.54, 1.807) is 13.4 Å². The van der Waals surface area contributed by atoms with Crippen molar-refractivity contribution in [3.05, 3.63) is 34.9 Å². The third-order valence-corrected chi connectivity index (χ3v) is 6.44. The molecule has 0 saturated carbocycles. The summed E-state index contributed by atoms with van der Waals surface area (Å²) in [5.41, 5.74) is 5.67. The number of piperidine rings is 1. The molecule has 0 radical (unpaired) electrons. The van der Waals surface area contributed by atoms with E-state index in [2.05, 4.69) is 50.1 Å². The molecule has 0 bridgehead atoms. The second-order valence-corrected chi connectivity index (χ2v) is 8.38. The molecule has 170 valence electrons. The number of anilines is 2. The van der Waals surface area contributed by atoms with Crippen LogP contribution in [0.15, 0.2) is 23.7 Å². The lowest BCUT2D eigenvalue weighted by Crippen LogP contribution is -2.37. The van der Waals surface area contributed by atoms with Gasteiger partial charge in [-0.2, -0.15) is 0 Å². The Balaban J connectivity index is 1.78. The molecule has 2 aromatic heterocycles. The van der Waals surface area contributed by atoms with Crippen LogP contribution in [0.3, 0.4) is 0 Å². The smallest absolute Gasteiger partial charge is 0.182 e. The molecule has 2 N–H and O–H groups in total. The van der Waals surface area contributed by atoms with Crippen molar-refractivity contribution in [3.8, 4) is 0 Å². The van der Waals surface area contributed by atoms with Crippen molar-refractivity contribution in [2.24, 2.45) is 4.99 Å². The number of benzene rings is 1. The van der Waals surface area contributed by atoms with Crippen LogP contribution in [0.4, 0.5) is 17.2 Å². The molecule has 8 nitrogen and oxygen atoms in total. The van der Waals surface area contributed by atoms with E-state index in [1.807, 2.05) is 13.1 Å². The molecule has 0 aliphatic carbocycles. The first-order valence-corrected chi connectivity index (χ1v) is 11.5. The van der Waals surface area contributed by atoms with Gasteiger partial charge in [-0.25, -0.2) is 15.0 Å². The number of fused-ring (bicyclic) bond motifs is 1. The van der Waals surface area contributed by atoms with E-state index in [1.165, 1.54) is 6.33 Å². The minimum Gasteiger partial charge on any atom is -0.381 e. The number of ether oxygens (including phenoxy) is 1. The molecule has 1 aliphatic rings. The van der Waals surface area contributed by atoms with Crippen LogP contribution in [-0.4, -0.2) is 52.5 Å². The lowest BCUT2D eigenvalue weighted by molar-refractivity contribution is 0.0819. The van der Waals surface area contributed by atoms with Crippen LogP contribution in [0.2, 0.25) is 5.02 Å². The van der Waals surface area contributed by atoms with E-state index in [0.717, 1.165) is 65.4 Å². The monoisotopic (exact) mass is 455 g/mol. The molecule has 9 heteroatoms. The van der Waals surface area contributed by atoms with Gasteiger partial charge >= 0.3 is 0 Å². The number of H-pyrrole nitrogens is 1. The number of nitrogens with zero attached hydrogens (tertiary/aromatic N) is 5. The standard InChI is InChI=1S/C23H30ClN7O/c1-5-16-18(24)11-17(14(3)30-23-20-22(27-12-26-20)28-13-29-23)21(19(16)25-6-2)31-9-7-15(32-4)8-10-31/h6,11-15H,5,7-10H2,1-4H3,(H2,26,27,28,29,30). The third kappa shape index (κ3) is 4.29. The van der Waals surface area contributed by atoms with Gasteiger partial charge in [0.05, 0.1) is 29.8 Å². The van der Waals surface area contributed by atoms with Crippen LogP contribution in [0.25, 0.3) is 11.2 Å². The highest BCUT2D eigenvalue weighted by molar-refractivity contribution is 6.32. The maximum absolute atomic E-state index is 6.77. The van der Waals surface area contributed by atoms with Gasteiger partial charge in [-0.3, -0.25) is 4.99 Å². The molecule has 32 heavy (non-hydrogen) atoms.